The van der Waals surface area contributed by atoms with Crippen LogP contribution < -0.4 is 0 Å². The van der Waals surface area contributed by atoms with Gasteiger partial charge in [-0.05, 0) is 30.3 Å². The lowest BCUT2D eigenvalue weighted by molar-refractivity contribution is 1.32. The van der Waals surface area contributed by atoms with Crippen LogP contribution in [0.2, 0.25) is 0 Å². The normalized spacial score (nSPS) is 11.2. The van der Waals surface area contributed by atoms with Crippen LogP contribution in [0.4, 0.5) is 0 Å². The first kappa shape index (κ1) is 11.7. The number of pyridine rings is 1. The highest BCUT2D eigenvalue weighted by atomic mass is 79.9. The summed E-state index contributed by atoms with van der Waals surface area (Å²) in [6.45, 7) is 0. The van der Waals surface area contributed by atoms with Crippen LogP contribution in [0.1, 0.15) is 0 Å². The predicted molar refractivity (Wildman–Crippen MR) is 86.7 cm³/mol. The number of hydrogen-bond donors (Lipinski definition) is 1. The van der Waals surface area contributed by atoms with Crippen LogP contribution in [0.25, 0.3) is 33.1 Å². The second kappa shape index (κ2) is 4.46. The Hall–Kier alpha value is -2.13. The van der Waals surface area contributed by atoms with E-state index in [4.69, 9.17) is 0 Å². The monoisotopic (exact) mass is 322 g/mol. The molecule has 0 fully saturated rings. The number of fused-ring (bicyclic) bond motifs is 3. The molecule has 4 aromatic rings. The average Bonchev–Trinajstić information content (AvgIpc) is 2.85. The minimum atomic E-state index is 0.978. The molecular weight excluding hydrogens is 312 g/mol. The van der Waals surface area contributed by atoms with Crippen molar-refractivity contribution >= 4 is 37.7 Å². The zero-order valence-corrected chi connectivity index (χ0v) is 12.2. The fourth-order valence-corrected chi connectivity index (χ4v) is 2.91. The van der Waals surface area contributed by atoms with E-state index in [1.807, 2.05) is 18.3 Å². The summed E-state index contributed by atoms with van der Waals surface area (Å²) in [5, 5.41) is 2.49. The van der Waals surface area contributed by atoms with Crippen molar-refractivity contribution in [2.75, 3.05) is 0 Å². The standard InChI is InChI=1S/C17H11BrN2/c18-12-7-8-19-17(10-12)11-5-6-16-14(9-11)13-3-1-2-4-15(13)20-16/h1-10,20H. The molecule has 0 amide bonds. The molecule has 0 bridgehead atoms. The van der Waals surface area contributed by atoms with Crippen molar-refractivity contribution in [3.8, 4) is 11.3 Å². The summed E-state index contributed by atoms with van der Waals surface area (Å²) in [5.41, 5.74) is 4.43. The Labute approximate surface area is 124 Å². The number of hydrogen-bond acceptors (Lipinski definition) is 1. The van der Waals surface area contributed by atoms with Gasteiger partial charge in [0, 0.05) is 38.0 Å². The molecule has 0 aliphatic heterocycles. The van der Waals surface area contributed by atoms with E-state index in [0.29, 0.717) is 0 Å². The zero-order valence-electron chi connectivity index (χ0n) is 10.6. The van der Waals surface area contributed by atoms with E-state index in [9.17, 15) is 0 Å². The van der Waals surface area contributed by atoms with E-state index in [-0.39, 0.29) is 0 Å². The fraction of sp³-hybridized carbons (Fsp3) is 0. The molecule has 1 N–H and O–H groups in total. The van der Waals surface area contributed by atoms with Gasteiger partial charge < -0.3 is 4.98 Å². The van der Waals surface area contributed by atoms with E-state index in [2.05, 4.69) is 68.4 Å². The summed E-state index contributed by atoms with van der Waals surface area (Å²) in [4.78, 5) is 7.88. The number of nitrogens with zero attached hydrogens (tertiary/aromatic N) is 1. The molecule has 0 radical (unpaired) electrons. The summed E-state index contributed by atoms with van der Waals surface area (Å²) in [5.74, 6) is 0. The van der Waals surface area contributed by atoms with E-state index in [1.165, 1.54) is 16.3 Å². The Morgan fingerprint density at radius 3 is 2.60 bits per heavy atom. The minimum Gasteiger partial charge on any atom is -0.355 e. The fourth-order valence-electron chi connectivity index (χ4n) is 2.57. The number of halogens is 1. The van der Waals surface area contributed by atoms with E-state index in [1.54, 1.807) is 0 Å². The van der Waals surface area contributed by atoms with Crippen molar-refractivity contribution in [1.82, 2.24) is 9.97 Å². The maximum Gasteiger partial charge on any atom is 0.0713 e. The number of para-hydroxylation sites is 1. The maximum absolute atomic E-state index is 4.44. The van der Waals surface area contributed by atoms with Crippen LogP contribution in [-0.2, 0) is 0 Å². The molecule has 0 atom stereocenters. The van der Waals surface area contributed by atoms with Gasteiger partial charge in [0.25, 0.3) is 0 Å². The topological polar surface area (TPSA) is 28.7 Å². The van der Waals surface area contributed by atoms with Crippen molar-refractivity contribution in [2.24, 2.45) is 0 Å². The first-order valence-corrected chi connectivity index (χ1v) is 7.23. The molecule has 0 aliphatic carbocycles. The number of aromatic nitrogens is 2. The number of rotatable bonds is 1. The lowest BCUT2D eigenvalue weighted by Gasteiger charge is -2.02. The van der Waals surface area contributed by atoms with E-state index in [0.717, 1.165) is 21.2 Å². The molecule has 2 aromatic carbocycles. The van der Waals surface area contributed by atoms with Gasteiger partial charge in [-0.15, -0.1) is 0 Å². The van der Waals surface area contributed by atoms with Crippen LogP contribution in [0.15, 0.2) is 65.3 Å². The van der Waals surface area contributed by atoms with Crippen LogP contribution >= 0.6 is 15.9 Å². The Morgan fingerprint density at radius 2 is 1.70 bits per heavy atom. The molecule has 4 rings (SSSR count). The van der Waals surface area contributed by atoms with Gasteiger partial charge in [0.1, 0.15) is 0 Å². The van der Waals surface area contributed by atoms with Gasteiger partial charge in [-0.1, -0.05) is 40.2 Å². The van der Waals surface area contributed by atoms with Crippen molar-refractivity contribution in [3.63, 3.8) is 0 Å². The third kappa shape index (κ3) is 1.82. The lowest BCUT2D eigenvalue weighted by Crippen LogP contribution is -1.82. The second-order valence-electron chi connectivity index (χ2n) is 4.79. The quantitative estimate of drug-likeness (QED) is 0.516. The first-order chi connectivity index (χ1) is 9.81. The largest absolute Gasteiger partial charge is 0.355 e. The highest BCUT2D eigenvalue weighted by Crippen LogP contribution is 2.29. The van der Waals surface area contributed by atoms with Crippen molar-refractivity contribution in [3.05, 3.63) is 65.3 Å². The molecule has 96 valence electrons. The van der Waals surface area contributed by atoms with E-state index < -0.39 is 0 Å². The molecule has 3 heteroatoms. The lowest BCUT2D eigenvalue weighted by atomic mass is 10.1. The molecule has 2 aromatic heterocycles. The van der Waals surface area contributed by atoms with Crippen molar-refractivity contribution in [2.45, 2.75) is 0 Å². The Kier molecular flexibility index (Phi) is 2.60. The van der Waals surface area contributed by atoms with Crippen LogP contribution in [-0.4, -0.2) is 9.97 Å². The molecule has 0 aliphatic rings. The SMILES string of the molecule is Brc1ccnc(-c2ccc3[nH]c4ccccc4c3c2)c1. The van der Waals surface area contributed by atoms with Gasteiger partial charge in [0.05, 0.1) is 5.69 Å². The van der Waals surface area contributed by atoms with E-state index >= 15 is 0 Å². The highest BCUT2D eigenvalue weighted by molar-refractivity contribution is 9.10. The molecule has 0 saturated heterocycles. The van der Waals surface area contributed by atoms with Gasteiger partial charge >= 0.3 is 0 Å². The zero-order chi connectivity index (χ0) is 13.5. The van der Waals surface area contributed by atoms with Gasteiger partial charge in [0.15, 0.2) is 0 Å². The van der Waals surface area contributed by atoms with Crippen LogP contribution in [0, 0.1) is 0 Å². The Morgan fingerprint density at radius 1 is 0.850 bits per heavy atom. The van der Waals surface area contributed by atoms with Crippen molar-refractivity contribution in [1.29, 1.82) is 0 Å². The minimum absolute atomic E-state index is 0.978. The maximum atomic E-state index is 4.44. The highest BCUT2D eigenvalue weighted by Gasteiger charge is 2.06. The third-order valence-electron chi connectivity index (χ3n) is 3.52. The molecule has 20 heavy (non-hydrogen) atoms. The number of H-pyrrole nitrogens is 1. The molecule has 0 unspecified atom stereocenters. The molecule has 2 nitrogen and oxygen atoms in total. The van der Waals surface area contributed by atoms with Crippen molar-refractivity contribution < 1.29 is 0 Å². The summed E-state index contributed by atoms with van der Waals surface area (Å²) < 4.78 is 1.04. The molecule has 2 heterocycles. The van der Waals surface area contributed by atoms with Gasteiger partial charge in [0.2, 0.25) is 0 Å². The Balaban J connectivity index is 2.00. The second-order valence-corrected chi connectivity index (χ2v) is 5.71. The first-order valence-electron chi connectivity index (χ1n) is 6.44. The number of benzene rings is 2. The molecule has 0 saturated carbocycles. The number of aromatic amines is 1. The summed E-state index contributed by atoms with van der Waals surface area (Å²) >= 11 is 3.50. The van der Waals surface area contributed by atoms with Crippen LogP contribution in [0.5, 0.6) is 0 Å². The predicted octanol–water partition coefficient (Wildman–Crippen LogP) is 5.15. The average molecular weight is 323 g/mol. The van der Waals surface area contributed by atoms with Gasteiger partial charge in [-0.25, -0.2) is 0 Å². The molecular formula is C17H11BrN2. The Bertz CT molecular complexity index is 924. The van der Waals surface area contributed by atoms with Gasteiger partial charge in [-0.2, -0.15) is 0 Å². The summed E-state index contributed by atoms with van der Waals surface area (Å²) in [6.07, 6.45) is 1.82. The smallest absolute Gasteiger partial charge is 0.0713 e. The number of nitrogens with one attached hydrogen (secondary N) is 1. The summed E-state index contributed by atoms with van der Waals surface area (Å²) in [7, 11) is 0. The summed E-state index contributed by atoms with van der Waals surface area (Å²) in [6, 6.07) is 18.8. The van der Waals surface area contributed by atoms with Crippen LogP contribution in [0.3, 0.4) is 0 Å². The third-order valence-corrected chi connectivity index (χ3v) is 4.02. The molecule has 0 spiro atoms. The van der Waals surface area contributed by atoms with Gasteiger partial charge in [-0.3, -0.25) is 4.98 Å².